The molecule has 0 bridgehead atoms. The number of benzene rings is 1. The molecule has 6 nitrogen and oxygen atoms in total. The fourth-order valence-electron chi connectivity index (χ4n) is 2.15. The summed E-state index contributed by atoms with van der Waals surface area (Å²) in [5, 5.41) is 11.8. The van der Waals surface area contributed by atoms with Crippen LogP contribution in [0.3, 0.4) is 0 Å². The van der Waals surface area contributed by atoms with Gasteiger partial charge in [0.1, 0.15) is 11.8 Å². The molecule has 0 aliphatic carbocycles. The molecule has 114 valence electrons. The van der Waals surface area contributed by atoms with Crippen LogP contribution in [0.5, 0.6) is 5.75 Å². The van der Waals surface area contributed by atoms with Gasteiger partial charge in [0.25, 0.3) is 0 Å². The molecule has 1 heterocycles. The third-order valence-corrected chi connectivity index (χ3v) is 4.56. The molecule has 1 aromatic rings. The maximum Gasteiger partial charge on any atom is 0.327 e. The van der Waals surface area contributed by atoms with Crippen molar-refractivity contribution in [3.05, 3.63) is 29.8 Å². The van der Waals surface area contributed by atoms with Crippen LogP contribution < -0.4 is 10.1 Å². The summed E-state index contributed by atoms with van der Waals surface area (Å²) in [6.45, 7) is 2.18. The quantitative estimate of drug-likeness (QED) is 0.886. The lowest BCUT2D eigenvalue weighted by Crippen LogP contribution is -2.49. The molecule has 0 radical (unpaired) electrons. The standard InChI is InChI=1S/C14H18N2O4S/c1-9-16(12(8-21-9)13(17)18)14(19)15-7-10-3-5-11(20-2)6-4-10/h3-6,9,12H,7-8H2,1-2H3,(H,15,19)(H,17,18). The number of carbonyl (C=O) groups is 2. The molecule has 7 heteroatoms. The first-order valence-corrected chi connectivity index (χ1v) is 7.61. The van der Waals surface area contributed by atoms with Crippen molar-refractivity contribution in [2.75, 3.05) is 12.9 Å². The lowest BCUT2D eigenvalue weighted by Gasteiger charge is -2.25. The number of nitrogens with zero attached hydrogens (tertiary/aromatic N) is 1. The predicted molar refractivity (Wildman–Crippen MR) is 80.4 cm³/mol. The van der Waals surface area contributed by atoms with E-state index in [0.29, 0.717) is 12.3 Å². The molecule has 0 saturated carbocycles. The first kappa shape index (κ1) is 15.5. The Morgan fingerprint density at radius 3 is 2.67 bits per heavy atom. The van der Waals surface area contributed by atoms with Gasteiger partial charge in [-0.15, -0.1) is 11.8 Å². The minimum Gasteiger partial charge on any atom is -0.497 e. The fraction of sp³-hybridized carbons (Fsp3) is 0.429. The number of carboxylic acid groups (broad SMARTS) is 1. The molecular formula is C14H18N2O4S. The summed E-state index contributed by atoms with van der Waals surface area (Å²) in [6, 6.07) is 6.23. The summed E-state index contributed by atoms with van der Waals surface area (Å²) >= 11 is 1.46. The topological polar surface area (TPSA) is 78.9 Å². The second-order valence-corrected chi connectivity index (χ2v) is 6.05. The second-order valence-electron chi connectivity index (χ2n) is 4.70. The number of urea groups is 1. The van der Waals surface area contributed by atoms with E-state index >= 15 is 0 Å². The molecule has 2 amide bonds. The van der Waals surface area contributed by atoms with E-state index in [1.54, 1.807) is 7.11 Å². The smallest absolute Gasteiger partial charge is 0.327 e. The van der Waals surface area contributed by atoms with Crippen LogP contribution in [0, 0.1) is 0 Å². The maximum absolute atomic E-state index is 12.2. The Hall–Kier alpha value is -1.89. The van der Waals surface area contributed by atoms with E-state index in [1.807, 2.05) is 31.2 Å². The van der Waals surface area contributed by atoms with Crippen molar-refractivity contribution < 1.29 is 19.4 Å². The molecule has 1 aromatic carbocycles. The van der Waals surface area contributed by atoms with Crippen molar-refractivity contribution in [3.8, 4) is 5.75 Å². The number of amides is 2. The number of carboxylic acids is 1. The van der Waals surface area contributed by atoms with E-state index in [-0.39, 0.29) is 11.4 Å². The molecule has 2 unspecified atom stereocenters. The van der Waals surface area contributed by atoms with E-state index in [2.05, 4.69) is 5.32 Å². The number of methoxy groups -OCH3 is 1. The lowest BCUT2D eigenvalue weighted by atomic mass is 10.2. The van der Waals surface area contributed by atoms with Crippen molar-refractivity contribution in [1.82, 2.24) is 10.2 Å². The Balaban J connectivity index is 1.95. The van der Waals surface area contributed by atoms with E-state index in [1.165, 1.54) is 16.7 Å². The van der Waals surface area contributed by atoms with Gasteiger partial charge in [0, 0.05) is 12.3 Å². The summed E-state index contributed by atoms with van der Waals surface area (Å²) in [7, 11) is 1.59. The minimum atomic E-state index is -0.966. The highest BCUT2D eigenvalue weighted by atomic mass is 32.2. The third-order valence-electron chi connectivity index (χ3n) is 3.35. The highest BCUT2D eigenvalue weighted by Crippen LogP contribution is 2.28. The summed E-state index contributed by atoms with van der Waals surface area (Å²) < 4.78 is 5.07. The number of hydrogen-bond acceptors (Lipinski definition) is 4. The number of rotatable bonds is 4. The largest absolute Gasteiger partial charge is 0.497 e. The van der Waals surface area contributed by atoms with Gasteiger partial charge in [-0.2, -0.15) is 0 Å². The molecule has 0 spiro atoms. The lowest BCUT2D eigenvalue weighted by molar-refractivity contribution is -0.141. The molecule has 1 fully saturated rings. The van der Waals surface area contributed by atoms with Gasteiger partial charge in [0.05, 0.1) is 12.5 Å². The Labute approximate surface area is 127 Å². The fourth-order valence-corrected chi connectivity index (χ4v) is 3.32. The number of hydrogen-bond donors (Lipinski definition) is 2. The van der Waals surface area contributed by atoms with Gasteiger partial charge < -0.3 is 15.2 Å². The monoisotopic (exact) mass is 310 g/mol. The summed E-state index contributed by atoms with van der Waals surface area (Å²) in [5.74, 6) is 0.207. The summed E-state index contributed by atoms with van der Waals surface area (Å²) in [4.78, 5) is 24.7. The molecular weight excluding hydrogens is 292 g/mol. The number of thioether (sulfide) groups is 1. The first-order valence-electron chi connectivity index (χ1n) is 6.56. The molecule has 2 atom stereocenters. The Kier molecular flexibility index (Phi) is 4.95. The average Bonchev–Trinajstić information content (AvgIpc) is 2.87. The van der Waals surface area contributed by atoms with Crippen LogP contribution in [0.15, 0.2) is 24.3 Å². The highest BCUT2D eigenvalue weighted by Gasteiger charge is 2.39. The average molecular weight is 310 g/mol. The molecule has 1 aliphatic rings. The van der Waals surface area contributed by atoms with Crippen LogP contribution in [0.2, 0.25) is 0 Å². The zero-order valence-corrected chi connectivity index (χ0v) is 12.7. The molecule has 1 saturated heterocycles. The van der Waals surface area contributed by atoms with Crippen molar-refractivity contribution in [2.24, 2.45) is 0 Å². The van der Waals surface area contributed by atoms with Crippen LogP contribution in [-0.4, -0.2) is 46.3 Å². The number of ether oxygens (including phenoxy) is 1. The number of nitrogens with one attached hydrogen (secondary N) is 1. The Morgan fingerprint density at radius 2 is 2.10 bits per heavy atom. The second kappa shape index (κ2) is 6.71. The number of aliphatic carboxylic acids is 1. The minimum absolute atomic E-state index is 0.137. The zero-order valence-electron chi connectivity index (χ0n) is 11.9. The van der Waals surface area contributed by atoms with E-state index in [0.717, 1.165) is 11.3 Å². The van der Waals surface area contributed by atoms with Gasteiger partial charge in [0.15, 0.2) is 0 Å². The van der Waals surface area contributed by atoms with Gasteiger partial charge >= 0.3 is 12.0 Å². The van der Waals surface area contributed by atoms with E-state index < -0.39 is 12.0 Å². The van der Waals surface area contributed by atoms with Crippen molar-refractivity contribution in [1.29, 1.82) is 0 Å². The molecule has 2 rings (SSSR count). The van der Waals surface area contributed by atoms with Gasteiger partial charge in [-0.1, -0.05) is 12.1 Å². The molecule has 1 aliphatic heterocycles. The summed E-state index contributed by atoms with van der Waals surface area (Å²) in [5.41, 5.74) is 0.926. The van der Waals surface area contributed by atoms with E-state index in [9.17, 15) is 9.59 Å². The zero-order chi connectivity index (χ0) is 15.4. The first-order chi connectivity index (χ1) is 10.0. The SMILES string of the molecule is COc1ccc(CNC(=O)N2C(C)SCC2C(=O)O)cc1. The van der Waals surface area contributed by atoms with Gasteiger partial charge in [-0.05, 0) is 24.6 Å². The van der Waals surface area contributed by atoms with Crippen LogP contribution in [-0.2, 0) is 11.3 Å². The van der Waals surface area contributed by atoms with Crippen LogP contribution >= 0.6 is 11.8 Å². The number of carbonyl (C=O) groups excluding carboxylic acids is 1. The van der Waals surface area contributed by atoms with Gasteiger partial charge in [-0.3, -0.25) is 4.90 Å². The normalized spacial score (nSPS) is 21.1. The van der Waals surface area contributed by atoms with Crippen molar-refractivity contribution >= 4 is 23.8 Å². The predicted octanol–water partition coefficient (Wildman–Crippen LogP) is 1.75. The van der Waals surface area contributed by atoms with Crippen LogP contribution in [0.1, 0.15) is 12.5 Å². The van der Waals surface area contributed by atoms with Gasteiger partial charge in [0.2, 0.25) is 0 Å². The third kappa shape index (κ3) is 3.60. The van der Waals surface area contributed by atoms with Gasteiger partial charge in [-0.25, -0.2) is 9.59 Å². The molecule has 21 heavy (non-hydrogen) atoms. The van der Waals surface area contributed by atoms with Crippen molar-refractivity contribution in [2.45, 2.75) is 24.9 Å². The van der Waals surface area contributed by atoms with E-state index in [4.69, 9.17) is 9.84 Å². The van der Waals surface area contributed by atoms with Crippen molar-refractivity contribution in [3.63, 3.8) is 0 Å². The molecule has 0 aromatic heterocycles. The summed E-state index contributed by atoms with van der Waals surface area (Å²) in [6.07, 6.45) is 0. The highest BCUT2D eigenvalue weighted by molar-refractivity contribution is 8.00. The Bertz CT molecular complexity index is 520. The molecule has 2 N–H and O–H groups in total. The van der Waals surface area contributed by atoms with Crippen LogP contribution in [0.4, 0.5) is 4.79 Å². The maximum atomic E-state index is 12.2. The van der Waals surface area contributed by atoms with Crippen LogP contribution in [0.25, 0.3) is 0 Å². The Morgan fingerprint density at radius 1 is 1.43 bits per heavy atom.